The molecule has 4 nitrogen and oxygen atoms in total. The number of hydrogen-bond donors (Lipinski definition) is 0. The second-order valence-corrected chi connectivity index (χ2v) is 9.30. The van der Waals surface area contributed by atoms with Crippen LogP contribution in [0.1, 0.15) is 50.2 Å². The Morgan fingerprint density at radius 3 is 2.42 bits per heavy atom. The summed E-state index contributed by atoms with van der Waals surface area (Å²) in [6, 6.07) is 12.1. The fourth-order valence-corrected chi connectivity index (χ4v) is 4.82. The van der Waals surface area contributed by atoms with Gasteiger partial charge in [0.05, 0.1) is 12.0 Å². The summed E-state index contributed by atoms with van der Waals surface area (Å²) < 4.78 is 24.6. The van der Waals surface area contributed by atoms with E-state index in [1.54, 1.807) is 19.2 Å². The van der Waals surface area contributed by atoms with Gasteiger partial charge in [-0.25, -0.2) is 4.39 Å². The number of methoxy groups -OCH3 is 1. The van der Waals surface area contributed by atoms with Crippen molar-refractivity contribution in [1.29, 1.82) is 0 Å². The molecule has 0 aliphatic heterocycles. The van der Waals surface area contributed by atoms with E-state index >= 15 is 0 Å². The van der Waals surface area contributed by atoms with Crippen LogP contribution in [0.15, 0.2) is 53.4 Å². The summed E-state index contributed by atoms with van der Waals surface area (Å²) in [6.07, 6.45) is 10.0. The van der Waals surface area contributed by atoms with E-state index in [4.69, 9.17) is 9.47 Å². The number of thioether (sulfide) groups is 1. The first-order chi connectivity index (χ1) is 16.0. The molecular formula is C27H34FNO3S. The van der Waals surface area contributed by atoms with Crippen molar-refractivity contribution in [2.24, 2.45) is 5.92 Å². The molecule has 6 heteroatoms. The highest BCUT2D eigenvalue weighted by Crippen LogP contribution is 2.31. The van der Waals surface area contributed by atoms with Crippen LogP contribution in [0.3, 0.4) is 0 Å². The predicted molar refractivity (Wildman–Crippen MR) is 133 cm³/mol. The van der Waals surface area contributed by atoms with Crippen LogP contribution in [0.5, 0.6) is 11.5 Å². The van der Waals surface area contributed by atoms with Crippen molar-refractivity contribution in [3.63, 3.8) is 0 Å². The smallest absolute Gasteiger partial charge is 0.260 e. The minimum atomic E-state index is -0.268. The largest absolute Gasteiger partial charge is 0.493 e. The Balaban J connectivity index is 1.73. The van der Waals surface area contributed by atoms with E-state index in [1.165, 1.54) is 56.0 Å². The minimum Gasteiger partial charge on any atom is -0.493 e. The number of carbonyl (C=O) groups excluding carboxylic acids is 1. The quantitative estimate of drug-likeness (QED) is 0.367. The number of carbonyl (C=O) groups is 1. The molecule has 1 saturated carbocycles. The van der Waals surface area contributed by atoms with Gasteiger partial charge in [-0.15, -0.1) is 11.8 Å². The lowest BCUT2D eigenvalue weighted by atomic mass is 9.89. The lowest BCUT2D eigenvalue weighted by Gasteiger charge is -2.30. The maximum Gasteiger partial charge on any atom is 0.260 e. The van der Waals surface area contributed by atoms with Gasteiger partial charge in [0.15, 0.2) is 11.5 Å². The number of hydrogen-bond acceptors (Lipinski definition) is 4. The van der Waals surface area contributed by atoms with Gasteiger partial charge in [-0.05, 0) is 67.3 Å². The molecule has 2 aromatic rings. The lowest BCUT2D eigenvalue weighted by molar-refractivity contribution is -0.127. The topological polar surface area (TPSA) is 38.8 Å². The zero-order chi connectivity index (χ0) is 23.6. The molecule has 178 valence electrons. The van der Waals surface area contributed by atoms with Gasteiger partial charge < -0.3 is 14.4 Å². The van der Waals surface area contributed by atoms with Gasteiger partial charge in [-0.2, -0.15) is 0 Å². The standard InChI is InChI=1S/C27H34FNO3S/c1-4-26(33-3)27(30)29(17-20-8-6-5-7-9-20)18-22-12-15-24(25(16-22)31-2)32-19-21-10-13-23(28)14-11-21/h4,10-16,20H,5-9,17-19H2,1-3H3/b26-4-. The van der Waals surface area contributed by atoms with E-state index in [1.807, 2.05) is 42.4 Å². The molecule has 0 spiro atoms. The van der Waals surface area contributed by atoms with Crippen LogP contribution < -0.4 is 9.47 Å². The minimum absolute atomic E-state index is 0.0891. The maximum atomic E-state index is 13.2. The van der Waals surface area contributed by atoms with E-state index in [-0.39, 0.29) is 11.7 Å². The number of nitrogens with zero attached hydrogens (tertiary/aromatic N) is 1. The number of ether oxygens (including phenoxy) is 2. The molecule has 33 heavy (non-hydrogen) atoms. The highest BCUT2D eigenvalue weighted by atomic mass is 32.2. The summed E-state index contributed by atoms with van der Waals surface area (Å²) in [6.45, 7) is 3.54. The van der Waals surface area contributed by atoms with Crippen LogP contribution in [0.25, 0.3) is 0 Å². The summed E-state index contributed by atoms with van der Waals surface area (Å²) in [5.41, 5.74) is 1.88. The van der Waals surface area contributed by atoms with Gasteiger partial charge >= 0.3 is 0 Å². The number of amides is 1. The average Bonchev–Trinajstić information content (AvgIpc) is 2.85. The van der Waals surface area contributed by atoms with Gasteiger partial charge in [0.1, 0.15) is 12.4 Å². The Labute approximate surface area is 201 Å². The molecule has 0 bridgehead atoms. The molecule has 0 saturated heterocycles. The van der Waals surface area contributed by atoms with Crippen LogP contribution in [0, 0.1) is 11.7 Å². The van der Waals surface area contributed by atoms with Crippen LogP contribution in [0.2, 0.25) is 0 Å². The maximum absolute atomic E-state index is 13.2. The Kier molecular flexibility index (Phi) is 9.67. The molecule has 3 rings (SSSR count). The molecule has 1 aliphatic rings. The van der Waals surface area contributed by atoms with Crippen LogP contribution >= 0.6 is 11.8 Å². The van der Waals surface area contributed by atoms with Crippen molar-refractivity contribution >= 4 is 17.7 Å². The fourth-order valence-electron chi connectivity index (χ4n) is 4.28. The van der Waals surface area contributed by atoms with Crippen molar-refractivity contribution in [3.8, 4) is 11.5 Å². The third kappa shape index (κ3) is 7.26. The van der Waals surface area contributed by atoms with E-state index in [9.17, 15) is 9.18 Å². The Morgan fingerprint density at radius 2 is 1.79 bits per heavy atom. The first kappa shape index (κ1) is 25.2. The molecule has 2 aromatic carbocycles. The van der Waals surface area contributed by atoms with E-state index in [0.717, 1.165) is 22.6 Å². The van der Waals surface area contributed by atoms with Crippen molar-refractivity contribution in [1.82, 2.24) is 4.90 Å². The van der Waals surface area contributed by atoms with E-state index < -0.39 is 0 Å². The summed E-state index contributed by atoms with van der Waals surface area (Å²) in [4.78, 5) is 16.0. The van der Waals surface area contributed by atoms with E-state index in [2.05, 4.69) is 0 Å². The van der Waals surface area contributed by atoms with Crippen molar-refractivity contribution in [2.75, 3.05) is 19.9 Å². The summed E-state index contributed by atoms with van der Waals surface area (Å²) in [5.74, 6) is 1.62. The van der Waals surface area contributed by atoms with Crippen molar-refractivity contribution in [3.05, 3.63) is 70.4 Å². The van der Waals surface area contributed by atoms with E-state index in [0.29, 0.717) is 30.6 Å². The third-order valence-electron chi connectivity index (χ3n) is 6.09. The Morgan fingerprint density at radius 1 is 1.09 bits per heavy atom. The van der Waals surface area contributed by atoms with Crippen molar-refractivity contribution < 1.29 is 18.7 Å². The molecule has 0 heterocycles. The summed E-state index contributed by atoms with van der Waals surface area (Å²) >= 11 is 1.50. The first-order valence-electron chi connectivity index (χ1n) is 11.6. The second kappa shape index (κ2) is 12.7. The molecule has 1 aliphatic carbocycles. The zero-order valence-electron chi connectivity index (χ0n) is 19.8. The molecule has 0 unspecified atom stereocenters. The SMILES string of the molecule is C/C=C(\SC)C(=O)N(Cc1ccc(OCc2ccc(F)cc2)c(OC)c1)CC1CCCCC1. The molecular weight excluding hydrogens is 437 g/mol. The fraction of sp³-hybridized carbons (Fsp3) is 0.444. The number of allylic oxidation sites excluding steroid dienone is 1. The molecule has 0 radical (unpaired) electrons. The van der Waals surface area contributed by atoms with Crippen molar-refractivity contribution in [2.45, 2.75) is 52.2 Å². The van der Waals surface area contributed by atoms with Gasteiger partial charge in [0.25, 0.3) is 5.91 Å². The first-order valence-corrected chi connectivity index (χ1v) is 12.8. The molecule has 0 atom stereocenters. The van der Waals surface area contributed by atoms with Gasteiger partial charge in [-0.1, -0.05) is 43.5 Å². The summed E-state index contributed by atoms with van der Waals surface area (Å²) in [5, 5.41) is 0. The predicted octanol–water partition coefficient (Wildman–Crippen LogP) is 6.59. The average molecular weight is 472 g/mol. The Bertz CT molecular complexity index is 939. The highest BCUT2D eigenvalue weighted by Gasteiger charge is 2.23. The second-order valence-electron chi connectivity index (χ2n) is 8.45. The molecule has 1 fully saturated rings. The Hall–Kier alpha value is -2.47. The molecule has 0 N–H and O–H groups in total. The van der Waals surface area contributed by atoms with Gasteiger partial charge in [0.2, 0.25) is 0 Å². The number of rotatable bonds is 10. The highest BCUT2D eigenvalue weighted by molar-refractivity contribution is 8.03. The van der Waals surface area contributed by atoms with Gasteiger partial charge in [0, 0.05) is 13.1 Å². The van der Waals surface area contributed by atoms with Crippen LogP contribution in [-0.4, -0.2) is 30.7 Å². The zero-order valence-corrected chi connectivity index (χ0v) is 20.6. The van der Waals surface area contributed by atoms with Crippen LogP contribution in [-0.2, 0) is 17.9 Å². The lowest BCUT2D eigenvalue weighted by Crippen LogP contribution is -2.36. The van der Waals surface area contributed by atoms with Crippen LogP contribution in [0.4, 0.5) is 4.39 Å². The molecule has 1 amide bonds. The number of halogens is 1. The monoisotopic (exact) mass is 471 g/mol. The van der Waals surface area contributed by atoms with Gasteiger partial charge in [-0.3, -0.25) is 4.79 Å². The third-order valence-corrected chi connectivity index (χ3v) is 6.94. The number of benzene rings is 2. The molecule has 0 aromatic heterocycles. The summed E-state index contributed by atoms with van der Waals surface area (Å²) in [7, 11) is 1.61. The normalized spacial score (nSPS) is 14.7.